The highest BCUT2D eigenvalue weighted by molar-refractivity contribution is 5.97. The summed E-state index contributed by atoms with van der Waals surface area (Å²) < 4.78 is 26.6. The predicted octanol–water partition coefficient (Wildman–Crippen LogP) is 1.10. The van der Waals surface area contributed by atoms with E-state index in [0.717, 1.165) is 6.07 Å². The van der Waals surface area contributed by atoms with Crippen molar-refractivity contribution in [2.24, 2.45) is 0 Å². The number of nitrogen functional groups attached to an aromatic ring is 1. The molecule has 3 nitrogen and oxygen atoms in total. The van der Waals surface area contributed by atoms with Gasteiger partial charge in [0.05, 0.1) is 6.54 Å². The summed E-state index contributed by atoms with van der Waals surface area (Å²) in [5, 5.41) is 2.12. The van der Waals surface area contributed by atoms with Crippen LogP contribution in [0.1, 0.15) is 15.9 Å². The van der Waals surface area contributed by atoms with Crippen LogP contribution in [-0.2, 0) is 5.92 Å². The molecular weight excluding hydrogens is 190 g/mol. The number of alkyl halides is 2. The standard InChI is InChI=1S/C9H8F2N2O/c10-9(11)4-13-8(14)6-2-1-5(12)3-7(6)9/h1-3H,4,12H2,(H,13,14). The summed E-state index contributed by atoms with van der Waals surface area (Å²) in [4.78, 5) is 11.2. The SMILES string of the molecule is Nc1ccc2c(c1)C(F)(F)CNC2=O. The van der Waals surface area contributed by atoms with Gasteiger partial charge in [0, 0.05) is 16.8 Å². The van der Waals surface area contributed by atoms with Crippen LogP contribution < -0.4 is 11.1 Å². The highest BCUT2D eigenvalue weighted by Gasteiger charge is 2.39. The van der Waals surface area contributed by atoms with E-state index in [1.165, 1.54) is 12.1 Å². The molecule has 1 aliphatic heterocycles. The fourth-order valence-electron chi connectivity index (χ4n) is 1.44. The Bertz CT molecular complexity index is 404. The fraction of sp³-hybridized carbons (Fsp3) is 0.222. The molecule has 0 atom stereocenters. The highest BCUT2D eigenvalue weighted by atomic mass is 19.3. The zero-order chi connectivity index (χ0) is 10.3. The van der Waals surface area contributed by atoms with E-state index in [1.807, 2.05) is 0 Å². The van der Waals surface area contributed by atoms with Crippen LogP contribution in [-0.4, -0.2) is 12.5 Å². The average molecular weight is 198 g/mol. The number of halogens is 2. The summed E-state index contributed by atoms with van der Waals surface area (Å²) >= 11 is 0. The topological polar surface area (TPSA) is 55.1 Å². The molecule has 0 fully saturated rings. The molecule has 1 aromatic rings. The summed E-state index contributed by atoms with van der Waals surface area (Å²) in [6.45, 7) is -0.664. The smallest absolute Gasteiger partial charge is 0.291 e. The number of hydrogen-bond donors (Lipinski definition) is 2. The third-order valence-electron chi connectivity index (χ3n) is 2.15. The van der Waals surface area contributed by atoms with Gasteiger partial charge in [0.1, 0.15) is 0 Å². The van der Waals surface area contributed by atoms with Crippen LogP contribution in [0.3, 0.4) is 0 Å². The first-order valence-corrected chi connectivity index (χ1v) is 4.07. The van der Waals surface area contributed by atoms with Crippen LogP contribution in [0.25, 0.3) is 0 Å². The zero-order valence-electron chi connectivity index (χ0n) is 7.18. The summed E-state index contributed by atoms with van der Waals surface area (Å²) in [5.41, 5.74) is 5.32. The molecule has 5 heteroatoms. The number of rotatable bonds is 0. The monoisotopic (exact) mass is 198 g/mol. The van der Waals surface area contributed by atoms with Crippen molar-refractivity contribution in [2.75, 3.05) is 12.3 Å². The first kappa shape index (κ1) is 8.93. The number of nitrogens with two attached hydrogens (primary N) is 1. The maximum atomic E-state index is 13.3. The third-order valence-corrected chi connectivity index (χ3v) is 2.15. The van der Waals surface area contributed by atoms with Crippen LogP contribution in [0.4, 0.5) is 14.5 Å². The van der Waals surface area contributed by atoms with Gasteiger partial charge in [0.2, 0.25) is 0 Å². The lowest BCUT2D eigenvalue weighted by Crippen LogP contribution is -2.41. The number of anilines is 1. The van der Waals surface area contributed by atoms with Crippen LogP contribution in [0.2, 0.25) is 0 Å². The zero-order valence-corrected chi connectivity index (χ0v) is 7.18. The van der Waals surface area contributed by atoms with E-state index in [0.29, 0.717) is 0 Å². The van der Waals surface area contributed by atoms with Gasteiger partial charge >= 0.3 is 0 Å². The first-order valence-electron chi connectivity index (χ1n) is 4.07. The molecule has 2 rings (SSSR count). The predicted molar refractivity (Wildman–Crippen MR) is 47.1 cm³/mol. The van der Waals surface area contributed by atoms with Crippen molar-refractivity contribution in [1.29, 1.82) is 0 Å². The molecule has 14 heavy (non-hydrogen) atoms. The third kappa shape index (κ3) is 1.21. The molecular formula is C9H8F2N2O. The molecule has 1 amide bonds. The summed E-state index contributed by atoms with van der Waals surface area (Å²) in [6.07, 6.45) is 0. The number of carbonyl (C=O) groups excluding carboxylic acids is 1. The van der Waals surface area contributed by atoms with Crippen LogP contribution in [0.15, 0.2) is 18.2 Å². The Morgan fingerprint density at radius 1 is 1.43 bits per heavy atom. The molecule has 0 spiro atoms. The fourth-order valence-corrected chi connectivity index (χ4v) is 1.44. The van der Waals surface area contributed by atoms with Crippen molar-refractivity contribution in [2.45, 2.75) is 5.92 Å². The highest BCUT2D eigenvalue weighted by Crippen LogP contribution is 2.34. The van der Waals surface area contributed by atoms with Gasteiger partial charge in [-0.15, -0.1) is 0 Å². The molecule has 0 unspecified atom stereocenters. The molecule has 0 bridgehead atoms. The molecule has 0 saturated heterocycles. The van der Waals surface area contributed by atoms with Gasteiger partial charge in [0.15, 0.2) is 0 Å². The van der Waals surface area contributed by atoms with Gasteiger partial charge in [-0.05, 0) is 18.2 Å². The summed E-state index contributed by atoms with van der Waals surface area (Å²) in [5.74, 6) is -3.51. The van der Waals surface area contributed by atoms with E-state index in [-0.39, 0.29) is 16.8 Å². The van der Waals surface area contributed by atoms with E-state index in [2.05, 4.69) is 5.32 Å². The second kappa shape index (κ2) is 2.67. The number of amides is 1. The van der Waals surface area contributed by atoms with E-state index in [4.69, 9.17) is 5.73 Å². The number of benzene rings is 1. The number of fused-ring (bicyclic) bond motifs is 1. The second-order valence-corrected chi connectivity index (χ2v) is 3.19. The van der Waals surface area contributed by atoms with Gasteiger partial charge in [0.25, 0.3) is 11.8 Å². The largest absolute Gasteiger partial charge is 0.399 e. The number of nitrogens with one attached hydrogen (secondary N) is 1. The second-order valence-electron chi connectivity index (χ2n) is 3.19. The van der Waals surface area contributed by atoms with Crippen LogP contribution in [0, 0.1) is 0 Å². The Kier molecular flexibility index (Phi) is 1.70. The molecule has 1 aliphatic rings. The van der Waals surface area contributed by atoms with Crippen molar-refractivity contribution in [3.8, 4) is 0 Å². The Balaban J connectivity index is 2.64. The van der Waals surface area contributed by atoms with Gasteiger partial charge in [-0.3, -0.25) is 4.79 Å². The maximum Gasteiger partial charge on any atom is 0.291 e. The van der Waals surface area contributed by atoms with Gasteiger partial charge in [-0.2, -0.15) is 8.78 Å². The maximum absolute atomic E-state index is 13.3. The Morgan fingerprint density at radius 3 is 2.86 bits per heavy atom. The van der Waals surface area contributed by atoms with Gasteiger partial charge < -0.3 is 11.1 Å². The number of carbonyl (C=O) groups is 1. The molecule has 1 aromatic carbocycles. The summed E-state index contributed by atoms with van der Waals surface area (Å²) in [6, 6.07) is 3.89. The normalized spacial score (nSPS) is 18.6. The molecule has 0 saturated carbocycles. The van der Waals surface area contributed by atoms with Crippen molar-refractivity contribution in [3.63, 3.8) is 0 Å². The minimum atomic E-state index is -3.03. The molecule has 0 radical (unpaired) electrons. The lowest BCUT2D eigenvalue weighted by Gasteiger charge is -2.25. The lowest BCUT2D eigenvalue weighted by molar-refractivity contribution is -0.00832. The number of hydrogen-bond acceptors (Lipinski definition) is 2. The van der Waals surface area contributed by atoms with Crippen molar-refractivity contribution in [3.05, 3.63) is 29.3 Å². The van der Waals surface area contributed by atoms with Crippen molar-refractivity contribution >= 4 is 11.6 Å². The van der Waals surface area contributed by atoms with Crippen molar-refractivity contribution in [1.82, 2.24) is 5.32 Å². The quantitative estimate of drug-likeness (QED) is 0.613. The Morgan fingerprint density at radius 2 is 2.14 bits per heavy atom. The lowest BCUT2D eigenvalue weighted by atomic mass is 9.97. The Hall–Kier alpha value is -1.65. The van der Waals surface area contributed by atoms with E-state index < -0.39 is 18.4 Å². The van der Waals surface area contributed by atoms with Crippen LogP contribution in [0.5, 0.6) is 0 Å². The minimum Gasteiger partial charge on any atom is -0.399 e. The van der Waals surface area contributed by atoms with E-state index in [1.54, 1.807) is 0 Å². The first-order chi connectivity index (χ1) is 6.50. The summed E-state index contributed by atoms with van der Waals surface area (Å²) in [7, 11) is 0. The molecule has 1 heterocycles. The van der Waals surface area contributed by atoms with Crippen molar-refractivity contribution < 1.29 is 13.6 Å². The molecule has 74 valence electrons. The molecule has 0 aliphatic carbocycles. The van der Waals surface area contributed by atoms with E-state index in [9.17, 15) is 13.6 Å². The van der Waals surface area contributed by atoms with E-state index >= 15 is 0 Å². The van der Waals surface area contributed by atoms with Gasteiger partial charge in [-0.25, -0.2) is 0 Å². The average Bonchev–Trinajstić information content (AvgIpc) is 2.12. The van der Waals surface area contributed by atoms with Gasteiger partial charge in [-0.1, -0.05) is 0 Å². The molecule has 0 aromatic heterocycles. The van der Waals surface area contributed by atoms with Crippen LogP contribution >= 0.6 is 0 Å². The molecule has 3 N–H and O–H groups in total. The minimum absolute atomic E-state index is 0.00421. The Labute approximate surface area is 78.9 Å².